The van der Waals surface area contributed by atoms with Crippen LogP contribution in [0.25, 0.3) is 0 Å². The number of hydrogen-bond donors (Lipinski definition) is 1. The van der Waals surface area contributed by atoms with Crippen molar-refractivity contribution in [3.8, 4) is 0 Å². The minimum Gasteiger partial charge on any atom is -0.380 e. The molecule has 110 valence electrons. The van der Waals surface area contributed by atoms with Crippen molar-refractivity contribution in [1.29, 1.82) is 0 Å². The monoisotopic (exact) mass is 338 g/mol. The van der Waals surface area contributed by atoms with E-state index in [0.29, 0.717) is 6.04 Å². The fraction of sp³-hybridized carbons (Fsp3) is 0.625. The largest absolute Gasteiger partial charge is 0.380 e. The Morgan fingerprint density at radius 3 is 3.00 bits per heavy atom. The van der Waals surface area contributed by atoms with E-state index in [1.165, 1.54) is 15.6 Å². The Bertz CT molecular complexity index is 487. The molecule has 2 N–H and O–H groups in total. The molecule has 3 nitrogen and oxygen atoms in total. The van der Waals surface area contributed by atoms with E-state index in [4.69, 9.17) is 10.5 Å². The Hall–Kier alpha value is -0.420. The second-order valence-electron chi connectivity index (χ2n) is 6.15. The summed E-state index contributed by atoms with van der Waals surface area (Å²) in [7, 11) is 2.23. The van der Waals surface area contributed by atoms with E-state index in [1.54, 1.807) is 0 Å². The summed E-state index contributed by atoms with van der Waals surface area (Å²) < 4.78 is 6.73. The van der Waals surface area contributed by atoms with Crippen molar-refractivity contribution in [3.63, 3.8) is 0 Å². The fourth-order valence-electron chi connectivity index (χ4n) is 3.64. The van der Waals surface area contributed by atoms with E-state index < -0.39 is 0 Å². The van der Waals surface area contributed by atoms with Gasteiger partial charge in [0.05, 0.1) is 6.61 Å². The second kappa shape index (κ2) is 5.76. The zero-order valence-electron chi connectivity index (χ0n) is 12.1. The summed E-state index contributed by atoms with van der Waals surface area (Å²) in [5, 5.41) is 0. The number of fused-ring (bicyclic) bond motifs is 1. The van der Waals surface area contributed by atoms with E-state index in [9.17, 15) is 0 Å². The van der Waals surface area contributed by atoms with Crippen molar-refractivity contribution < 1.29 is 4.74 Å². The van der Waals surface area contributed by atoms with Crippen molar-refractivity contribution >= 4 is 15.9 Å². The number of ether oxygens (including phenoxy) is 1. The lowest BCUT2D eigenvalue weighted by Crippen LogP contribution is -2.59. The molecule has 1 aliphatic heterocycles. The molecule has 0 radical (unpaired) electrons. The molecule has 0 aromatic heterocycles. The van der Waals surface area contributed by atoms with Crippen LogP contribution in [-0.4, -0.2) is 43.3 Å². The third-order valence-corrected chi connectivity index (χ3v) is 5.62. The number of aryl methyl sites for hydroxylation is 1. The van der Waals surface area contributed by atoms with Crippen molar-refractivity contribution in [2.24, 2.45) is 5.73 Å². The molecular weight excluding hydrogens is 316 g/mol. The highest BCUT2D eigenvalue weighted by Gasteiger charge is 2.40. The summed E-state index contributed by atoms with van der Waals surface area (Å²) >= 11 is 3.57. The third-order valence-electron chi connectivity index (χ3n) is 5.13. The van der Waals surface area contributed by atoms with Gasteiger partial charge < -0.3 is 10.5 Å². The van der Waals surface area contributed by atoms with Crippen molar-refractivity contribution in [2.45, 2.75) is 37.3 Å². The van der Waals surface area contributed by atoms with Crippen LogP contribution in [0.15, 0.2) is 22.7 Å². The van der Waals surface area contributed by atoms with Crippen LogP contribution in [0, 0.1) is 0 Å². The number of hydrogen-bond acceptors (Lipinski definition) is 3. The zero-order chi connectivity index (χ0) is 14.2. The van der Waals surface area contributed by atoms with Crippen LogP contribution in [0.5, 0.6) is 0 Å². The first-order chi connectivity index (χ1) is 9.64. The number of likely N-dealkylation sites (N-methyl/N-ethyl adjacent to an activating group) is 1. The first kappa shape index (κ1) is 14.5. The Kier molecular flexibility index (Phi) is 4.18. The average molecular weight is 339 g/mol. The van der Waals surface area contributed by atoms with Crippen molar-refractivity contribution in [3.05, 3.63) is 33.8 Å². The van der Waals surface area contributed by atoms with Crippen LogP contribution in [-0.2, 0) is 17.6 Å². The van der Waals surface area contributed by atoms with Gasteiger partial charge in [0, 0.05) is 29.2 Å². The van der Waals surface area contributed by atoms with Gasteiger partial charge in [-0.3, -0.25) is 4.90 Å². The predicted octanol–water partition coefficient (Wildman–Crippen LogP) is 2.36. The molecule has 0 spiro atoms. The molecule has 1 aromatic carbocycles. The van der Waals surface area contributed by atoms with Gasteiger partial charge in [0.15, 0.2) is 0 Å². The van der Waals surface area contributed by atoms with Crippen LogP contribution < -0.4 is 5.73 Å². The van der Waals surface area contributed by atoms with Gasteiger partial charge in [-0.2, -0.15) is 0 Å². The Balaban J connectivity index is 1.85. The quantitative estimate of drug-likeness (QED) is 0.919. The highest BCUT2D eigenvalue weighted by molar-refractivity contribution is 9.10. The fourth-order valence-corrected chi connectivity index (χ4v) is 4.05. The van der Waals surface area contributed by atoms with Gasteiger partial charge in [-0.25, -0.2) is 0 Å². The first-order valence-corrected chi connectivity index (χ1v) is 8.22. The Morgan fingerprint density at radius 2 is 2.30 bits per heavy atom. The van der Waals surface area contributed by atoms with Gasteiger partial charge in [-0.05, 0) is 56.0 Å². The molecule has 3 rings (SSSR count). The first-order valence-electron chi connectivity index (χ1n) is 7.43. The number of rotatable bonds is 3. The van der Waals surface area contributed by atoms with Crippen LogP contribution in [0.3, 0.4) is 0 Å². The molecule has 1 fully saturated rings. The number of nitrogens with zero attached hydrogens (tertiary/aromatic N) is 1. The summed E-state index contributed by atoms with van der Waals surface area (Å²) in [5.74, 6) is 0. The maximum Gasteiger partial charge on any atom is 0.0622 e. The van der Waals surface area contributed by atoms with Gasteiger partial charge in [-0.15, -0.1) is 0 Å². The maximum atomic E-state index is 6.20. The Labute approximate surface area is 129 Å². The summed E-state index contributed by atoms with van der Waals surface area (Å²) in [6.45, 7) is 2.46. The van der Waals surface area contributed by atoms with Crippen molar-refractivity contribution in [1.82, 2.24) is 4.90 Å². The molecule has 20 heavy (non-hydrogen) atoms. The molecular formula is C16H23BrN2O. The zero-order valence-corrected chi connectivity index (χ0v) is 13.7. The van der Waals surface area contributed by atoms with E-state index in [-0.39, 0.29) is 5.54 Å². The van der Waals surface area contributed by atoms with Crippen molar-refractivity contribution in [2.75, 3.05) is 26.8 Å². The van der Waals surface area contributed by atoms with Crippen LogP contribution in [0.2, 0.25) is 0 Å². The van der Waals surface area contributed by atoms with E-state index in [1.807, 2.05) is 0 Å². The number of halogens is 1. The topological polar surface area (TPSA) is 38.5 Å². The molecule has 1 aliphatic carbocycles. The molecule has 1 heterocycles. The number of nitrogens with two attached hydrogens (primary N) is 1. The average Bonchev–Trinajstić information content (AvgIpc) is 3.00. The molecule has 0 bridgehead atoms. The SMILES string of the molecule is CN(C1CCOC1)C1(CN)CCc2cc(Br)ccc2C1. The molecule has 1 saturated heterocycles. The molecule has 2 unspecified atom stereocenters. The van der Waals surface area contributed by atoms with Gasteiger partial charge in [-0.1, -0.05) is 22.0 Å². The molecule has 4 heteroatoms. The van der Waals surface area contributed by atoms with E-state index >= 15 is 0 Å². The van der Waals surface area contributed by atoms with Gasteiger partial charge in [0.2, 0.25) is 0 Å². The standard InChI is InChI=1S/C16H23BrN2O/c1-19(15-5-7-20-10-15)16(11-18)6-4-12-8-14(17)3-2-13(12)9-16/h2-3,8,15H,4-7,9-11,18H2,1H3. The lowest BCUT2D eigenvalue weighted by atomic mass is 9.76. The molecule has 2 aliphatic rings. The second-order valence-corrected chi connectivity index (χ2v) is 7.06. The Morgan fingerprint density at radius 1 is 1.45 bits per heavy atom. The molecule has 2 atom stereocenters. The smallest absolute Gasteiger partial charge is 0.0622 e. The van der Waals surface area contributed by atoms with Crippen LogP contribution in [0.1, 0.15) is 24.0 Å². The van der Waals surface area contributed by atoms with Gasteiger partial charge in [0.25, 0.3) is 0 Å². The highest BCUT2D eigenvalue weighted by Crippen LogP contribution is 2.35. The van der Waals surface area contributed by atoms with Gasteiger partial charge >= 0.3 is 0 Å². The minimum absolute atomic E-state index is 0.0964. The number of benzene rings is 1. The van der Waals surface area contributed by atoms with Crippen LogP contribution >= 0.6 is 15.9 Å². The predicted molar refractivity (Wildman–Crippen MR) is 84.9 cm³/mol. The summed E-state index contributed by atoms with van der Waals surface area (Å²) in [6.07, 6.45) is 4.44. The maximum absolute atomic E-state index is 6.20. The molecule has 1 aromatic rings. The lowest BCUT2D eigenvalue weighted by Gasteiger charge is -2.47. The van der Waals surface area contributed by atoms with Crippen LogP contribution in [0.4, 0.5) is 0 Å². The minimum atomic E-state index is 0.0964. The van der Waals surface area contributed by atoms with E-state index in [0.717, 1.165) is 45.4 Å². The normalized spacial score (nSPS) is 29.7. The van der Waals surface area contributed by atoms with E-state index in [2.05, 4.69) is 46.1 Å². The van der Waals surface area contributed by atoms with Gasteiger partial charge in [0.1, 0.15) is 0 Å². The molecule has 0 amide bonds. The molecule has 0 saturated carbocycles. The highest BCUT2D eigenvalue weighted by atomic mass is 79.9. The summed E-state index contributed by atoms with van der Waals surface area (Å²) in [4.78, 5) is 2.50. The third kappa shape index (κ3) is 2.54. The summed E-state index contributed by atoms with van der Waals surface area (Å²) in [5.41, 5.74) is 9.22. The lowest BCUT2D eigenvalue weighted by molar-refractivity contribution is 0.0549. The summed E-state index contributed by atoms with van der Waals surface area (Å²) in [6, 6.07) is 7.18.